The summed E-state index contributed by atoms with van der Waals surface area (Å²) in [7, 11) is 1.84. The van der Waals surface area contributed by atoms with Crippen molar-refractivity contribution in [3.63, 3.8) is 0 Å². The number of allylic oxidation sites excluding steroid dienone is 4. The second-order valence-electron chi connectivity index (χ2n) is 2.79. The summed E-state index contributed by atoms with van der Waals surface area (Å²) in [5, 5.41) is 6.05. The van der Waals surface area contributed by atoms with Crippen LogP contribution in [0.3, 0.4) is 0 Å². The molecular formula is C14H24N2O. The first-order valence-corrected chi connectivity index (χ1v) is 5.77. The van der Waals surface area contributed by atoms with E-state index in [1.807, 2.05) is 33.0 Å². The highest BCUT2D eigenvalue weighted by atomic mass is 16.1. The van der Waals surface area contributed by atoms with Crippen molar-refractivity contribution >= 4 is 6.29 Å². The molecule has 0 fully saturated rings. The monoisotopic (exact) mass is 236 g/mol. The molecule has 0 radical (unpaired) electrons. The molecule has 0 aromatic carbocycles. The van der Waals surface area contributed by atoms with E-state index in [0.29, 0.717) is 13.1 Å². The Morgan fingerprint density at radius 3 is 2.18 bits per heavy atom. The van der Waals surface area contributed by atoms with Crippen LogP contribution >= 0.6 is 0 Å². The zero-order valence-electron chi connectivity index (χ0n) is 11.1. The van der Waals surface area contributed by atoms with Crippen molar-refractivity contribution in [2.75, 3.05) is 20.1 Å². The fraction of sp³-hybridized carbons (Fsp3) is 0.357. The Labute approximate surface area is 105 Å². The molecule has 0 unspecified atom stereocenters. The predicted molar refractivity (Wildman–Crippen MR) is 75.9 cm³/mol. The van der Waals surface area contributed by atoms with Crippen LogP contribution in [0.15, 0.2) is 48.7 Å². The van der Waals surface area contributed by atoms with Crippen LogP contribution in [0.4, 0.5) is 0 Å². The van der Waals surface area contributed by atoms with E-state index in [4.69, 9.17) is 0 Å². The second-order valence-corrected chi connectivity index (χ2v) is 2.79. The lowest BCUT2D eigenvalue weighted by Crippen LogP contribution is -2.22. The summed E-state index contributed by atoms with van der Waals surface area (Å²) in [4.78, 5) is 10.2. The molecule has 0 aliphatic carbocycles. The second kappa shape index (κ2) is 14.4. The number of carbonyl (C=O) groups excluding carboxylic acids is 1. The maximum absolute atomic E-state index is 10.2. The highest BCUT2D eigenvalue weighted by Crippen LogP contribution is 2.05. The molecule has 0 heterocycles. The van der Waals surface area contributed by atoms with Crippen molar-refractivity contribution in [2.45, 2.75) is 13.8 Å². The molecule has 0 aliphatic heterocycles. The average Bonchev–Trinajstić information content (AvgIpc) is 2.38. The lowest BCUT2D eigenvalue weighted by Gasteiger charge is -2.11. The largest absolute Gasteiger partial charge is 0.388 e. The van der Waals surface area contributed by atoms with Gasteiger partial charge in [-0.05, 0) is 11.6 Å². The average molecular weight is 236 g/mol. The number of hydrogen-bond acceptors (Lipinski definition) is 3. The van der Waals surface area contributed by atoms with Gasteiger partial charge in [0.25, 0.3) is 0 Å². The van der Waals surface area contributed by atoms with Gasteiger partial charge in [-0.1, -0.05) is 45.2 Å². The molecule has 96 valence electrons. The summed E-state index contributed by atoms with van der Waals surface area (Å²) in [6, 6.07) is 0. The van der Waals surface area contributed by atoms with E-state index in [1.54, 1.807) is 12.2 Å². The summed E-state index contributed by atoms with van der Waals surface area (Å²) in [6.45, 7) is 12.3. The van der Waals surface area contributed by atoms with Gasteiger partial charge in [-0.3, -0.25) is 0 Å². The Morgan fingerprint density at radius 2 is 1.76 bits per heavy atom. The standard InChI is InChI=1S/C12H18N2O.C2H6/c1-4-6-11(10-14-8-9-15)12(13-3)7-5-2;1-2/h4-7,9,13-14H,1-2,8,10H2,3H3;1-2H3/b11-6-,12-7+;. The third kappa shape index (κ3) is 9.33. The van der Waals surface area contributed by atoms with E-state index in [1.165, 1.54) is 0 Å². The molecule has 0 amide bonds. The van der Waals surface area contributed by atoms with Crippen molar-refractivity contribution < 1.29 is 4.79 Å². The van der Waals surface area contributed by atoms with Gasteiger partial charge in [-0.15, -0.1) is 0 Å². The molecule has 0 aliphatic rings. The molecule has 3 nitrogen and oxygen atoms in total. The first-order valence-electron chi connectivity index (χ1n) is 5.77. The number of hydrogen-bond donors (Lipinski definition) is 2. The van der Waals surface area contributed by atoms with Crippen molar-refractivity contribution in [2.24, 2.45) is 0 Å². The van der Waals surface area contributed by atoms with Gasteiger partial charge in [0.15, 0.2) is 0 Å². The van der Waals surface area contributed by atoms with Crippen LogP contribution in [-0.4, -0.2) is 26.4 Å². The molecule has 0 aromatic rings. The minimum absolute atomic E-state index is 0.347. The van der Waals surface area contributed by atoms with Crippen molar-refractivity contribution in [1.82, 2.24) is 10.6 Å². The van der Waals surface area contributed by atoms with Crippen LogP contribution in [0, 0.1) is 0 Å². The van der Waals surface area contributed by atoms with Crippen molar-refractivity contribution in [1.29, 1.82) is 0 Å². The quantitative estimate of drug-likeness (QED) is 0.386. The summed E-state index contributed by atoms with van der Waals surface area (Å²) >= 11 is 0. The molecule has 0 aromatic heterocycles. The number of aldehydes is 1. The van der Waals surface area contributed by atoms with Gasteiger partial charge in [0.05, 0.1) is 6.54 Å². The van der Waals surface area contributed by atoms with Crippen molar-refractivity contribution in [3.05, 3.63) is 48.7 Å². The highest BCUT2D eigenvalue weighted by Gasteiger charge is 2.00. The zero-order chi connectivity index (χ0) is 13.5. The van der Waals surface area contributed by atoms with Crippen LogP contribution in [0.25, 0.3) is 0 Å². The Hall–Kier alpha value is -1.61. The highest BCUT2D eigenvalue weighted by molar-refractivity contribution is 5.52. The molecule has 0 saturated heterocycles. The SMILES string of the molecule is C=C/C=C(CNCC=O)\C(=C/C=C)NC.CC. The first kappa shape index (κ1) is 17.8. The van der Waals surface area contributed by atoms with Gasteiger partial charge in [-0.2, -0.15) is 0 Å². The summed E-state index contributed by atoms with van der Waals surface area (Å²) in [5.41, 5.74) is 2.00. The van der Waals surface area contributed by atoms with E-state index in [0.717, 1.165) is 17.6 Å². The summed E-state index contributed by atoms with van der Waals surface area (Å²) in [5.74, 6) is 0. The smallest absolute Gasteiger partial charge is 0.133 e. The topological polar surface area (TPSA) is 41.1 Å². The van der Waals surface area contributed by atoms with Crippen LogP contribution in [0.2, 0.25) is 0 Å². The predicted octanol–water partition coefficient (Wildman–Crippen LogP) is 2.20. The number of likely N-dealkylation sites (N-methyl/N-ethyl adjacent to an activating group) is 1. The van der Waals surface area contributed by atoms with Crippen LogP contribution in [-0.2, 0) is 4.79 Å². The lowest BCUT2D eigenvalue weighted by atomic mass is 10.1. The maximum Gasteiger partial charge on any atom is 0.133 e. The van der Waals surface area contributed by atoms with Gasteiger partial charge in [0.2, 0.25) is 0 Å². The summed E-state index contributed by atoms with van der Waals surface area (Å²) < 4.78 is 0. The fourth-order valence-electron chi connectivity index (χ4n) is 1.12. The lowest BCUT2D eigenvalue weighted by molar-refractivity contribution is -0.107. The van der Waals surface area contributed by atoms with Gasteiger partial charge in [-0.25, -0.2) is 0 Å². The van der Waals surface area contributed by atoms with E-state index in [2.05, 4.69) is 23.8 Å². The number of carbonyl (C=O) groups is 1. The molecule has 17 heavy (non-hydrogen) atoms. The fourth-order valence-corrected chi connectivity index (χ4v) is 1.12. The molecule has 2 N–H and O–H groups in total. The van der Waals surface area contributed by atoms with E-state index >= 15 is 0 Å². The Balaban J connectivity index is 0. The molecule has 0 bridgehead atoms. The maximum atomic E-state index is 10.2. The molecule has 0 saturated carbocycles. The van der Waals surface area contributed by atoms with Crippen molar-refractivity contribution in [3.8, 4) is 0 Å². The Bertz CT molecular complexity index is 278. The van der Waals surface area contributed by atoms with E-state index in [-0.39, 0.29) is 0 Å². The van der Waals surface area contributed by atoms with Gasteiger partial charge >= 0.3 is 0 Å². The third-order valence-corrected chi connectivity index (χ3v) is 1.76. The molecule has 0 spiro atoms. The molecule has 3 heteroatoms. The van der Waals surface area contributed by atoms with Gasteiger partial charge in [0.1, 0.15) is 6.29 Å². The van der Waals surface area contributed by atoms with Gasteiger partial charge in [0, 0.05) is 19.3 Å². The van der Waals surface area contributed by atoms with Crippen LogP contribution in [0.5, 0.6) is 0 Å². The first-order chi connectivity index (χ1) is 8.29. The third-order valence-electron chi connectivity index (χ3n) is 1.76. The minimum atomic E-state index is 0.347. The summed E-state index contributed by atoms with van der Waals surface area (Å²) in [6.07, 6.45) is 8.03. The van der Waals surface area contributed by atoms with Crippen LogP contribution in [0.1, 0.15) is 13.8 Å². The molecular weight excluding hydrogens is 212 g/mol. The van der Waals surface area contributed by atoms with E-state index < -0.39 is 0 Å². The Kier molecular flexibility index (Phi) is 15.0. The number of nitrogens with one attached hydrogen (secondary N) is 2. The number of rotatable bonds is 8. The normalized spacial score (nSPS) is 11.0. The zero-order valence-corrected chi connectivity index (χ0v) is 11.1. The molecule has 0 atom stereocenters. The minimum Gasteiger partial charge on any atom is -0.388 e. The molecule has 0 rings (SSSR count). The Morgan fingerprint density at radius 1 is 1.18 bits per heavy atom. The van der Waals surface area contributed by atoms with E-state index in [9.17, 15) is 4.79 Å². The van der Waals surface area contributed by atoms with Crippen LogP contribution < -0.4 is 10.6 Å². The van der Waals surface area contributed by atoms with Gasteiger partial charge < -0.3 is 15.4 Å².